The third-order valence-electron chi connectivity index (χ3n) is 8.92. The van der Waals surface area contributed by atoms with E-state index in [4.69, 9.17) is 4.74 Å². The SMILES string of the molecule is CCCCCCCCCCCCNC(=O)C1C2c3ccccc3C(OCC(O)CC)(c3ccccc32)C1C(=O)O. The van der Waals surface area contributed by atoms with Crippen LogP contribution in [0.1, 0.15) is 113 Å². The van der Waals surface area contributed by atoms with E-state index < -0.39 is 29.5 Å². The molecule has 0 fully saturated rings. The molecule has 0 saturated carbocycles. The van der Waals surface area contributed by atoms with Gasteiger partial charge in [-0.2, -0.15) is 0 Å². The van der Waals surface area contributed by atoms with Gasteiger partial charge < -0.3 is 20.3 Å². The second-order valence-electron chi connectivity index (χ2n) is 11.6. The molecule has 3 atom stereocenters. The number of aliphatic hydroxyl groups is 1. The number of rotatable bonds is 17. The molecule has 0 radical (unpaired) electrons. The quantitative estimate of drug-likeness (QED) is 0.195. The zero-order chi connectivity index (χ0) is 28.5. The fourth-order valence-electron chi connectivity index (χ4n) is 6.86. The van der Waals surface area contributed by atoms with Crippen LogP contribution in [0.2, 0.25) is 0 Å². The van der Waals surface area contributed by atoms with Gasteiger partial charge in [0.25, 0.3) is 0 Å². The van der Waals surface area contributed by atoms with E-state index in [1.807, 2.05) is 55.5 Å². The maximum Gasteiger partial charge on any atom is 0.311 e. The summed E-state index contributed by atoms with van der Waals surface area (Å²) < 4.78 is 6.52. The average molecular weight is 550 g/mol. The maximum absolute atomic E-state index is 13.8. The molecule has 6 heteroatoms. The van der Waals surface area contributed by atoms with E-state index in [2.05, 4.69) is 12.2 Å². The van der Waals surface area contributed by atoms with Gasteiger partial charge in [0.15, 0.2) is 0 Å². The van der Waals surface area contributed by atoms with Gasteiger partial charge in [-0.25, -0.2) is 0 Å². The lowest BCUT2D eigenvalue weighted by Crippen LogP contribution is -2.60. The zero-order valence-corrected chi connectivity index (χ0v) is 24.2. The number of nitrogens with one attached hydrogen (secondary N) is 1. The lowest BCUT2D eigenvalue weighted by atomic mass is 9.51. The second-order valence-corrected chi connectivity index (χ2v) is 11.6. The minimum Gasteiger partial charge on any atom is -0.481 e. The summed E-state index contributed by atoms with van der Waals surface area (Å²) in [5.41, 5.74) is 2.08. The Bertz CT molecular complexity index is 1080. The van der Waals surface area contributed by atoms with Crippen LogP contribution in [0.15, 0.2) is 48.5 Å². The number of amides is 1. The lowest BCUT2D eigenvalue weighted by Gasteiger charge is -2.55. The number of unbranched alkanes of at least 4 members (excludes halogenated alkanes) is 9. The Labute approximate surface area is 239 Å². The monoisotopic (exact) mass is 549 g/mol. The van der Waals surface area contributed by atoms with Crippen LogP contribution in [0, 0.1) is 11.8 Å². The molecule has 5 rings (SSSR count). The van der Waals surface area contributed by atoms with Gasteiger partial charge in [-0.15, -0.1) is 0 Å². The molecular formula is C34H47NO5. The molecule has 3 unspecified atom stereocenters. The molecule has 40 heavy (non-hydrogen) atoms. The summed E-state index contributed by atoms with van der Waals surface area (Å²) in [7, 11) is 0. The summed E-state index contributed by atoms with van der Waals surface area (Å²) in [5.74, 6) is -3.59. The highest BCUT2D eigenvalue weighted by Crippen LogP contribution is 2.62. The van der Waals surface area contributed by atoms with Crippen molar-refractivity contribution >= 4 is 11.9 Å². The third kappa shape index (κ3) is 6.13. The smallest absolute Gasteiger partial charge is 0.311 e. The number of hydrogen-bond donors (Lipinski definition) is 3. The van der Waals surface area contributed by atoms with Crippen molar-refractivity contribution < 1.29 is 24.5 Å². The largest absolute Gasteiger partial charge is 0.481 e. The summed E-state index contributed by atoms with van der Waals surface area (Å²) in [4.78, 5) is 26.9. The minimum absolute atomic E-state index is 0.0133. The van der Waals surface area contributed by atoms with Gasteiger partial charge in [-0.05, 0) is 35.1 Å². The molecule has 0 aromatic heterocycles. The zero-order valence-electron chi connectivity index (χ0n) is 24.2. The molecular weight excluding hydrogens is 502 g/mol. The molecule has 3 aliphatic rings. The fraction of sp³-hybridized carbons (Fsp3) is 0.588. The molecule has 1 amide bonds. The molecule has 6 nitrogen and oxygen atoms in total. The topological polar surface area (TPSA) is 95.9 Å². The Hall–Kier alpha value is -2.70. The van der Waals surface area contributed by atoms with Crippen LogP contribution in [0.4, 0.5) is 0 Å². The first-order valence-electron chi connectivity index (χ1n) is 15.5. The number of benzene rings is 2. The number of carbonyl (C=O) groups is 2. The highest BCUT2D eigenvalue weighted by molar-refractivity contribution is 5.90. The first-order valence-corrected chi connectivity index (χ1v) is 15.5. The first-order chi connectivity index (χ1) is 19.5. The van der Waals surface area contributed by atoms with E-state index >= 15 is 0 Å². The van der Waals surface area contributed by atoms with Gasteiger partial charge in [-0.1, -0.05) is 120 Å². The molecule has 2 aromatic rings. The highest BCUT2D eigenvalue weighted by atomic mass is 16.5. The van der Waals surface area contributed by atoms with Gasteiger partial charge in [0, 0.05) is 12.5 Å². The highest BCUT2D eigenvalue weighted by Gasteiger charge is 2.64. The van der Waals surface area contributed by atoms with Crippen molar-refractivity contribution in [2.24, 2.45) is 11.8 Å². The Kier molecular flexibility index (Phi) is 10.8. The number of carboxylic acids is 1. The minimum atomic E-state index is -1.36. The Morgan fingerprint density at radius 1 is 0.850 bits per heavy atom. The van der Waals surface area contributed by atoms with Crippen LogP contribution in [0.25, 0.3) is 0 Å². The van der Waals surface area contributed by atoms with E-state index in [1.165, 1.54) is 44.9 Å². The number of hydrogen-bond acceptors (Lipinski definition) is 4. The predicted molar refractivity (Wildman–Crippen MR) is 157 cm³/mol. The summed E-state index contributed by atoms with van der Waals surface area (Å²) in [6.45, 7) is 4.63. The standard InChI is InChI=1S/C34H47NO5/c1-3-5-6-7-8-9-10-11-12-17-22-35-32(37)30-29-25-18-13-15-20-27(25)34(31(30)33(38)39,40-23-24(36)4-2)28-21-16-14-19-26(28)29/h13-16,18-21,24,29-31,36H,3-12,17,22-23H2,1-2H3,(H,35,37)(H,38,39). The number of carbonyl (C=O) groups excluding carboxylic acids is 1. The van der Waals surface area contributed by atoms with E-state index in [1.54, 1.807) is 0 Å². The van der Waals surface area contributed by atoms with Crippen LogP contribution in [0.5, 0.6) is 0 Å². The number of carboxylic acid groups (broad SMARTS) is 1. The van der Waals surface area contributed by atoms with Crippen LogP contribution < -0.4 is 5.32 Å². The molecule has 2 aromatic carbocycles. The Balaban J connectivity index is 1.51. The molecule has 3 aliphatic carbocycles. The number of fused-ring (bicyclic) bond motifs is 1. The van der Waals surface area contributed by atoms with Crippen molar-refractivity contribution in [2.45, 2.75) is 102 Å². The van der Waals surface area contributed by atoms with Gasteiger partial charge in [-0.3, -0.25) is 9.59 Å². The van der Waals surface area contributed by atoms with Crippen LogP contribution in [-0.2, 0) is 19.9 Å². The van der Waals surface area contributed by atoms with Gasteiger partial charge >= 0.3 is 5.97 Å². The van der Waals surface area contributed by atoms with Crippen molar-refractivity contribution in [3.8, 4) is 0 Å². The van der Waals surface area contributed by atoms with E-state index in [-0.39, 0.29) is 18.4 Å². The molecule has 218 valence electrons. The van der Waals surface area contributed by atoms with E-state index in [9.17, 15) is 19.8 Å². The molecule has 2 bridgehead atoms. The summed E-state index contributed by atoms with van der Waals surface area (Å²) in [6, 6.07) is 15.5. The maximum atomic E-state index is 13.8. The molecule has 0 heterocycles. The van der Waals surface area contributed by atoms with Crippen LogP contribution >= 0.6 is 0 Å². The summed E-state index contributed by atoms with van der Waals surface area (Å²) in [5, 5.41) is 24.2. The van der Waals surface area contributed by atoms with Crippen molar-refractivity contribution in [1.29, 1.82) is 0 Å². The van der Waals surface area contributed by atoms with Gasteiger partial charge in [0.1, 0.15) is 11.5 Å². The summed E-state index contributed by atoms with van der Waals surface area (Å²) in [6.07, 6.45) is 11.9. The Morgan fingerprint density at radius 3 is 1.90 bits per heavy atom. The average Bonchev–Trinajstić information content (AvgIpc) is 2.98. The van der Waals surface area contributed by atoms with E-state index in [0.717, 1.165) is 41.5 Å². The van der Waals surface area contributed by atoms with Crippen LogP contribution in [0.3, 0.4) is 0 Å². The number of ether oxygens (including phenoxy) is 1. The third-order valence-corrected chi connectivity index (χ3v) is 8.92. The second kappa shape index (κ2) is 14.3. The predicted octanol–water partition coefficient (Wildman–Crippen LogP) is 6.53. The first kappa shape index (κ1) is 30.3. The van der Waals surface area contributed by atoms with Crippen molar-refractivity contribution in [3.05, 3.63) is 70.8 Å². The van der Waals surface area contributed by atoms with E-state index in [0.29, 0.717) is 13.0 Å². The van der Waals surface area contributed by atoms with Gasteiger partial charge in [0.05, 0.1) is 18.6 Å². The number of aliphatic hydroxyl groups excluding tert-OH is 1. The fourth-order valence-corrected chi connectivity index (χ4v) is 6.86. The van der Waals surface area contributed by atoms with Crippen molar-refractivity contribution in [1.82, 2.24) is 5.32 Å². The number of aliphatic carboxylic acids is 1. The molecule has 3 N–H and O–H groups in total. The van der Waals surface area contributed by atoms with Crippen LogP contribution in [-0.4, -0.2) is 41.3 Å². The molecule has 0 spiro atoms. The van der Waals surface area contributed by atoms with Crippen molar-refractivity contribution in [2.75, 3.05) is 13.2 Å². The molecule has 0 aliphatic heterocycles. The Morgan fingerprint density at radius 2 is 1.38 bits per heavy atom. The normalized spacial score (nSPS) is 23.3. The summed E-state index contributed by atoms with van der Waals surface area (Å²) >= 11 is 0. The van der Waals surface area contributed by atoms with Gasteiger partial charge in [0.2, 0.25) is 5.91 Å². The molecule has 0 saturated heterocycles. The van der Waals surface area contributed by atoms with Crippen molar-refractivity contribution in [3.63, 3.8) is 0 Å². The lowest BCUT2D eigenvalue weighted by molar-refractivity contribution is -0.173.